The zero-order valence-electron chi connectivity index (χ0n) is 10.8. The maximum absolute atomic E-state index is 9.80. The Morgan fingerprint density at radius 3 is 2.53 bits per heavy atom. The number of fused-ring (bicyclic) bond motifs is 4. The highest BCUT2D eigenvalue weighted by molar-refractivity contribution is 6.00. The van der Waals surface area contributed by atoms with Crippen molar-refractivity contribution in [2.75, 3.05) is 0 Å². The summed E-state index contributed by atoms with van der Waals surface area (Å²) in [5.41, 5.74) is 2.76. The van der Waals surface area contributed by atoms with Crippen molar-refractivity contribution < 1.29 is 5.11 Å². The molecule has 1 aliphatic carbocycles. The van der Waals surface area contributed by atoms with Crippen LogP contribution in [0.4, 0.5) is 0 Å². The molecule has 4 rings (SSSR count). The Kier molecular flexibility index (Phi) is 2.36. The van der Waals surface area contributed by atoms with E-state index in [1.807, 2.05) is 0 Å². The van der Waals surface area contributed by atoms with E-state index in [9.17, 15) is 5.11 Å². The Labute approximate surface area is 112 Å². The quantitative estimate of drug-likeness (QED) is 0.599. The van der Waals surface area contributed by atoms with Gasteiger partial charge in [0, 0.05) is 0 Å². The van der Waals surface area contributed by atoms with Gasteiger partial charge in [-0.15, -0.1) is 0 Å². The van der Waals surface area contributed by atoms with Crippen LogP contribution in [-0.4, -0.2) is 11.2 Å². The molecule has 0 saturated carbocycles. The average molecular weight is 248 g/mol. The first-order valence-corrected chi connectivity index (χ1v) is 6.92. The van der Waals surface area contributed by atoms with Gasteiger partial charge in [-0.05, 0) is 64.1 Å². The van der Waals surface area contributed by atoms with Crippen LogP contribution in [0.5, 0.6) is 0 Å². The highest BCUT2D eigenvalue weighted by atomic mass is 16.3. The third-order valence-corrected chi connectivity index (χ3v) is 4.28. The maximum atomic E-state index is 9.80. The molecule has 0 spiro atoms. The van der Waals surface area contributed by atoms with Gasteiger partial charge in [-0.2, -0.15) is 0 Å². The fourth-order valence-electron chi connectivity index (χ4n) is 3.27. The summed E-state index contributed by atoms with van der Waals surface area (Å²) in [6.45, 7) is 0. The van der Waals surface area contributed by atoms with Crippen LogP contribution in [0.15, 0.2) is 48.5 Å². The molecule has 1 heteroatoms. The minimum Gasteiger partial charge on any atom is -0.393 e. The fraction of sp³-hybridized carbons (Fsp3) is 0.222. The second-order valence-electron chi connectivity index (χ2n) is 5.52. The monoisotopic (exact) mass is 248 g/mol. The lowest BCUT2D eigenvalue weighted by Crippen LogP contribution is -2.18. The number of aliphatic hydroxyl groups excluding tert-OH is 1. The van der Waals surface area contributed by atoms with Gasteiger partial charge in [-0.1, -0.05) is 36.4 Å². The molecule has 94 valence electrons. The fourth-order valence-corrected chi connectivity index (χ4v) is 3.27. The van der Waals surface area contributed by atoms with E-state index in [0.29, 0.717) is 0 Å². The van der Waals surface area contributed by atoms with Crippen LogP contribution >= 0.6 is 0 Å². The Morgan fingerprint density at radius 1 is 0.895 bits per heavy atom. The Morgan fingerprint density at radius 2 is 1.68 bits per heavy atom. The van der Waals surface area contributed by atoms with Crippen LogP contribution in [0.3, 0.4) is 0 Å². The van der Waals surface area contributed by atoms with Gasteiger partial charge in [0.25, 0.3) is 0 Å². The van der Waals surface area contributed by atoms with Gasteiger partial charge in [0.1, 0.15) is 0 Å². The van der Waals surface area contributed by atoms with E-state index in [-0.39, 0.29) is 6.10 Å². The lowest BCUT2D eigenvalue weighted by molar-refractivity contribution is 0.159. The summed E-state index contributed by atoms with van der Waals surface area (Å²) in [4.78, 5) is 0. The molecule has 0 radical (unpaired) electrons. The van der Waals surface area contributed by atoms with Gasteiger partial charge in [0.15, 0.2) is 0 Å². The van der Waals surface area contributed by atoms with Crippen molar-refractivity contribution in [2.24, 2.45) is 0 Å². The number of aliphatic hydroxyl groups is 1. The largest absolute Gasteiger partial charge is 0.393 e. The maximum Gasteiger partial charge on any atom is 0.0583 e. The third-order valence-electron chi connectivity index (χ3n) is 4.28. The molecule has 3 aromatic carbocycles. The predicted octanol–water partition coefficient (Wildman–Crippen LogP) is 3.84. The van der Waals surface area contributed by atoms with Crippen molar-refractivity contribution in [1.29, 1.82) is 0 Å². The lowest BCUT2D eigenvalue weighted by atomic mass is 9.85. The first kappa shape index (κ1) is 11.0. The van der Waals surface area contributed by atoms with Crippen LogP contribution in [0.25, 0.3) is 21.5 Å². The number of benzene rings is 3. The van der Waals surface area contributed by atoms with E-state index in [2.05, 4.69) is 48.5 Å². The van der Waals surface area contributed by atoms with Gasteiger partial charge in [-0.3, -0.25) is 0 Å². The third kappa shape index (κ3) is 1.73. The SMILES string of the molecule is O[C@H]1CCc2c(ccc3cc4ccccc4cc23)C1. The summed E-state index contributed by atoms with van der Waals surface area (Å²) in [5.74, 6) is 0. The lowest BCUT2D eigenvalue weighted by Gasteiger charge is -2.22. The summed E-state index contributed by atoms with van der Waals surface area (Å²) in [5, 5.41) is 15.1. The second kappa shape index (κ2) is 4.07. The Hall–Kier alpha value is -1.86. The van der Waals surface area contributed by atoms with E-state index >= 15 is 0 Å². The van der Waals surface area contributed by atoms with Gasteiger partial charge in [-0.25, -0.2) is 0 Å². The summed E-state index contributed by atoms with van der Waals surface area (Å²) in [6, 6.07) is 17.5. The highest BCUT2D eigenvalue weighted by Crippen LogP contribution is 2.31. The van der Waals surface area contributed by atoms with E-state index in [0.717, 1.165) is 19.3 Å². The molecular weight excluding hydrogens is 232 g/mol. The number of rotatable bonds is 0. The molecule has 1 N–H and O–H groups in total. The standard InChI is InChI=1S/C18H16O/c19-16-7-8-17-15(10-16)6-5-14-9-12-3-1-2-4-13(12)11-18(14)17/h1-6,9,11,16,19H,7-8,10H2/t16-/m0/s1. The topological polar surface area (TPSA) is 20.2 Å². The number of hydrogen-bond acceptors (Lipinski definition) is 1. The molecule has 0 aliphatic heterocycles. The van der Waals surface area contributed by atoms with Crippen molar-refractivity contribution in [2.45, 2.75) is 25.4 Å². The van der Waals surface area contributed by atoms with Crippen LogP contribution < -0.4 is 0 Å². The van der Waals surface area contributed by atoms with Gasteiger partial charge in [0.2, 0.25) is 0 Å². The molecule has 0 amide bonds. The van der Waals surface area contributed by atoms with Crippen molar-refractivity contribution in [3.63, 3.8) is 0 Å². The molecule has 19 heavy (non-hydrogen) atoms. The zero-order valence-corrected chi connectivity index (χ0v) is 10.8. The van der Waals surface area contributed by atoms with Crippen molar-refractivity contribution in [3.05, 3.63) is 59.7 Å². The molecule has 0 aromatic heterocycles. The van der Waals surface area contributed by atoms with Gasteiger partial charge < -0.3 is 5.11 Å². The normalized spacial score (nSPS) is 18.7. The van der Waals surface area contributed by atoms with Crippen molar-refractivity contribution >= 4 is 21.5 Å². The minimum atomic E-state index is -0.162. The molecule has 1 atom stereocenters. The second-order valence-corrected chi connectivity index (χ2v) is 5.52. The highest BCUT2D eigenvalue weighted by Gasteiger charge is 2.18. The van der Waals surface area contributed by atoms with Crippen molar-refractivity contribution in [3.8, 4) is 0 Å². The van der Waals surface area contributed by atoms with Crippen LogP contribution in [0.2, 0.25) is 0 Å². The van der Waals surface area contributed by atoms with E-state index in [4.69, 9.17) is 0 Å². The molecule has 0 saturated heterocycles. The molecule has 1 nitrogen and oxygen atoms in total. The van der Waals surface area contributed by atoms with E-state index in [1.54, 1.807) is 0 Å². The van der Waals surface area contributed by atoms with Crippen molar-refractivity contribution in [1.82, 2.24) is 0 Å². The first-order valence-electron chi connectivity index (χ1n) is 6.92. The molecule has 0 fully saturated rings. The molecular formula is C18H16O. The summed E-state index contributed by atoms with van der Waals surface area (Å²) in [6.07, 6.45) is 2.52. The summed E-state index contributed by atoms with van der Waals surface area (Å²) >= 11 is 0. The molecule has 0 unspecified atom stereocenters. The minimum absolute atomic E-state index is 0.162. The Balaban J connectivity index is 2.05. The molecule has 3 aromatic rings. The molecule has 1 aliphatic rings. The van der Waals surface area contributed by atoms with E-state index in [1.165, 1.54) is 32.7 Å². The van der Waals surface area contributed by atoms with Crippen LogP contribution in [0.1, 0.15) is 17.5 Å². The molecule has 0 heterocycles. The summed E-state index contributed by atoms with van der Waals surface area (Å²) < 4.78 is 0. The number of aryl methyl sites for hydroxylation is 1. The smallest absolute Gasteiger partial charge is 0.0583 e. The zero-order chi connectivity index (χ0) is 12.8. The Bertz CT molecular complexity index is 773. The van der Waals surface area contributed by atoms with Gasteiger partial charge >= 0.3 is 0 Å². The average Bonchev–Trinajstić information content (AvgIpc) is 2.44. The van der Waals surface area contributed by atoms with E-state index < -0.39 is 0 Å². The van der Waals surface area contributed by atoms with Crippen LogP contribution in [-0.2, 0) is 12.8 Å². The summed E-state index contributed by atoms with van der Waals surface area (Å²) in [7, 11) is 0. The van der Waals surface area contributed by atoms with Crippen LogP contribution in [0, 0.1) is 0 Å². The number of hydrogen-bond donors (Lipinski definition) is 1. The molecule has 0 bridgehead atoms. The predicted molar refractivity (Wildman–Crippen MR) is 79.5 cm³/mol. The van der Waals surface area contributed by atoms with Gasteiger partial charge in [0.05, 0.1) is 6.10 Å². The first-order chi connectivity index (χ1) is 9.31.